The van der Waals surface area contributed by atoms with Gasteiger partial charge in [-0.05, 0) is 25.8 Å². The second-order valence-electron chi connectivity index (χ2n) is 4.16. The predicted molar refractivity (Wildman–Crippen MR) is 65.8 cm³/mol. The first-order valence-corrected chi connectivity index (χ1v) is 5.89. The lowest BCUT2D eigenvalue weighted by Gasteiger charge is -2.22. The Hall–Kier alpha value is -0.810. The van der Waals surface area contributed by atoms with Crippen molar-refractivity contribution >= 4 is 5.84 Å². The van der Waals surface area contributed by atoms with E-state index < -0.39 is 0 Å². The van der Waals surface area contributed by atoms with Gasteiger partial charge < -0.3 is 21.0 Å². The summed E-state index contributed by atoms with van der Waals surface area (Å²) in [5.41, 5.74) is 5.38. The van der Waals surface area contributed by atoms with Crippen LogP contribution in [0.3, 0.4) is 0 Å². The third kappa shape index (κ3) is 7.48. The lowest BCUT2D eigenvalue weighted by atomic mass is 10.1. The number of nitrogens with zero attached hydrogens (tertiary/aromatic N) is 1. The van der Waals surface area contributed by atoms with Crippen LogP contribution < -0.4 is 11.1 Å². The van der Waals surface area contributed by atoms with Gasteiger partial charge in [-0.2, -0.15) is 0 Å². The SMILES string of the molecule is CCOCC(NCCCC(N)=NO)C(C)C. The third-order valence-corrected chi connectivity index (χ3v) is 2.45. The summed E-state index contributed by atoms with van der Waals surface area (Å²) in [7, 11) is 0. The van der Waals surface area contributed by atoms with Crippen LogP contribution in [-0.4, -0.2) is 36.8 Å². The molecule has 0 aromatic heterocycles. The molecule has 0 rings (SSSR count). The van der Waals surface area contributed by atoms with Crippen molar-refractivity contribution in [2.24, 2.45) is 16.8 Å². The summed E-state index contributed by atoms with van der Waals surface area (Å²) in [6.07, 6.45) is 1.48. The largest absolute Gasteiger partial charge is 0.409 e. The lowest BCUT2D eigenvalue weighted by Crippen LogP contribution is -2.38. The molecule has 5 nitrogen and oxygen atoms in total. The fraction of sp³-hybridized carbons (Fsp3) is 0.909. The van der Waals surface area contributed by atoms with E-state index in [-0.39, 0.29) is 5.84 Å². The first-order valence-electron chi connectivity index (χ1n) is 5.89. The molecule has 1 atom stereocenters. The molecule has 0 fully saturated rings. The molecule has 0 saturated carbocycles. The van der Waals surface area contributed by atoms with Crippen LogP contribution in [-0.2, 0) is 4.74 Å². The fourth-order valence-electron chi connectivity index (χ4n) is 1.34. The van der Waals surface area contributed by atoms with Crippen LogP contribution in [0.15, 0.2) is 5.16 Å². The number of oxime groups is 1. The molecule has 0 aromatic carbocycles. The van der Waals surface area contributed by atoms with Crippen molar-refractivity contribution in [3.8, 4) is 0 Å². The van der Waals surface area contributed by atoms with Gasteiger partial charge in [0.1, 0.15) is 5.84 Å². The van der Waals surface area contributed by atoms with Gasteiger partial charge in [-0.15, -0.1) is 0 Å². The molecule has 0 amide bonds. The summed E-state index contributed by atoms with van der Waals surface area (Å²) in [5, 5.41) is 14.7. The number of amidine groups is 1. The lowest BCUT2D eigenvalue weighted by molar-refractivity contribution is 0.108. The van der Waals surface area contributed by atoms with E-state index in [4.69, 9.17) is 15.7 Å². The summed E-state index contributed by atoms with van der Waals surface area (Å²) < 4.78 is 5.41. The molecular formula is C11H25N3O2. The minimum atomic E-state index is 0.285. The molecule has 0 aliphatic heterocycles. The van der Waals surface area contributed by atoms with Crippen LogP contribution in [0.4, 0.5) is 0 Å². The highest BCUT2D eigenvalue weighted by atomic mass is 16.5. The van der Waals surface area contributed by atoms with Crippen LogP contribution in [0.2, 0.25) is 0 Å². The van der Waals surface area contributed by atoms with Gasteiger partial charge in [-0.3, -0.25) is 0 Å². The standard InChI is InChI=1S/C11H25N3O2/c1-4-16-8-10(9(2)3)13-7-5-6-11(12)14-15/h9-10,13,15H,4-8H2,1-3H3,(H2,12,14). The Kier molecular flexibility index (Phi) is 8.94. The second kappa shape index (κ2) is 9.42. The van der Waals surface area contributed by atoms with Gasteiger partial charge in [0.2, 0.25) is 0 Å². The topological polar surface area (TPSA) is 79.9 Å². The molecule has 0 aliphatic carbocycles. The van der Waals surface area contributed by atoms with E-state index in [1.807, 2.05) is 6.92 Å². The summed E-state index contributed by atoms with van der Waals surface area (Å²) in [6, 6.07) is 0.368. The minimum Gasteiger partial charge on any atom is -0.409 e. The zero-order valence-corrected chi connectivity index (χ0v) is 10.6. The molecular weight excluding hydrogens is 206 g/mol. The molecule has 0 bridgehead atoms. The van der Waals surface area contributed by atoms with Gasteiger partial charge >= 0.3 is 0 Å². The van der Waals surface area contributed by atoms with E-state index in [1.165, 1.54) is 0 Å². The smallest absolute Gasteiger partial charge is 0.139 e. The van der Waals surface area contributed by atoms with Crippen LogP contribution in [0.25, 0.3) is 0 Å². The van der Waals surface area contributed by atoms with E-state index in [1.54, 1.807) is 0 Å². The van der Waals surface area contributed by atoms with Crippen LogP contribution >= 0.6 is 0 Å². The van der Waals surface area contributed by atoms with Crippen molar-refractivity contribution in [2.45, 2.75) is 39.7 Å². The van der Waals surface area contributed by atoms with Gasteiger partial charge in [-0.1, -0.05) is 19.0 Å². The Morgan fingerprint density at radius 3 is 2.69 bits per heavy atom. The maximum Gasteiger partial charge on any atom is 0.139 e. The molecule has 0 aliphatic rings. The Bertz CT molecular complexity index is 196. The van der Waals surface area contributed by atoms with Gasteiger partial charge in [0.05, 0.1) is 6.61 Å². The van der Waals surface area contributed by atoms with E-state index in [0.29, 0.717) is 18.4 Å². The van der Waals surface area contributed by atoms with Crippen LogP contribution in [0.1, 0.15) is 33.6 Å². The number of nitrogens with two attached hydrogens (primary N) is 1. The molecule has 4 N–H and O–H groups in total. The van der Waals surface area contributed by atoms with E-state index >= 15 is 0 Å². The maximum atomic E-state index is 8.37. The summed E-state index contributed by atoms with van der Waals surface area (Å²) in [6.45, 7) is 8.66. The zero-order chi connectivity index (χ0) is 12.4. The predicted octanol–water partition coefficient (Wildman–Crippen LogP) is 1.16. The van der Waals surface area contributed by atoms with Gasteiger partial charge in [-0.25, -0.2) is 0 Å². The molecule has 0 spiro atoms. The number of hydrogen-bond donors (Lipinski definition) is 3. The Morgan fingerprint density at radius 1 is 1.50 bits per heavy atom. The minimum absolute atomic E-state index is 0.285. The van der Waals surface area contributed by atoms with Gasteiger partial charge in [0, 0.05) is 19.1 Å². The van der Waals surface area contributed by atoms with Crippen LogP contribution in [0.5, 0.6) is 0 Å². The van der Waals surface area contributed by atoms with Crippen molar-refractivity contribution in [2.75, 3.05) is 19.8 Å². The van der Waals surface area contributed by atoms with Crippen molar-refractivity contribution in [1.82, 2.24) is 5.32 Å². The normalized spacial score (nSPS) is 14.4. The molecule has 0 heterocycles. The van der Waals surface area contributed by atoms with E-state index in [2.05, 4.69) is 24.3 Å². The second-order valence-corrected chi connectivity index (χ2v) is 4.16. The first kappa shape index (κ1) is 15.2. The Balaban J connectivity index is 3.67. The third-order valence-electron chi connectivity index (χ3n) is 2.45. The average Bonchev–Trinajstić information content (AvgIpc) is 2.27. The average molecular weight is 231 g/mol. The number of hydrogen-bond acceptors (Lipinski definition) is 4. The van der Waals surface area contributed by atoms with Crippen molar-refractivity contribution in [3.63, 3.8) is 0 Å². The fourth-order valence-corrected chi connectivity index (χ4v) is 1.34. The maximum absolute atomic E-state index is 8.37. The van der Waals surface area contributed by atoms with E-state index in [0.717, 1.165) is 26.2 Å². The first-order chi connectivity index (χ1) is 7.61. The summed E-state index contributed by atoms with van der Waals surface area (Å²) >= 11 is 0. The number of nitrogens with one attached hydrogen (secondary N) is 1. The zero-order valence-electron chi connectivity index (χ0n) is 10.6. The molecule has 5 heteroatoms. The summed E-state index contributed by atoms with van der Waals surface area (Å²) in [5.74, 6) is 0.822. The number of rotatable bonds is 9. The highest BCUT2D eigenvalue weighted by Gasteiger charge is 2.11. The van der Waals surface area contributed by atoms with Crippen molar-refractivity contribution < 1.29 is 9.94 Å². The molecule has 0 saturated heterocycles. The van der Waals surface area contributed by atoms with Gasteiger partial charge in [0.15, 0.2) is 0 Å². The highest BCUT2D eigenvalue weighted by molar-refractivity contribution is 5.79. The molecule has 16 heavy (non-hydrogen) atoms. The highest BCUT2D eigenvalue weighted by Crippen LogP contribution is 2.02. The van der Waals surface area contributed by atoms with Crippen molar-refractivity contribution in [1.29, 1.82) is 0 Å². The molecule has 96 valence electrons. The van der Waals surface area contributed by atoms with E-state index in [9.17, 15) is 0 Å². The molecule has 1 unspecified atom stereocenters. The molecule has 0 aromatic rings. The quantitative estimate of drug-likeness (QED) is 0.183. The Morgan fingerprint density at radius 2 is 2.19 bits per heavy atom. The molecule has 0 radical (unpaired) electrons. The Labute approximate surface area is 98.0 Å². The van der Waals surface area contributed by atoms with Crippen LogP contribution in [0, 0.1) is 5.92 Å². The number of ether oxygens (including phenoxy) is 1. The monoisotopic (exact) mass is 231 g/mol. The summed E-state index contributed by atoms with van der Waals surface area (Å²) in [4.78, 5) is 0. The van der Waals surface area contributed by atoms with Gasteiger partial charge in [0.25, 0.3) is 0 Å². The van der Waals surface area contributed by atoms with Crippen molar-refractivity contribution in [3.05, 3.63) is 0 Å².